The molecular weight excluding hydrogens is 332 g/mol. The van der Waals surface area contributed by atoms with Crippen LogP contribution in [0.3, 0.4) is 0 Å². The second kappa shape index (κ2) is 8.21. The Labute approximate surface area is 144 Å². The lowest BCUT2D eigenvalue weighted by Crippen LogP contribution is -2.20. The highest BCUT2D eigenvalue weighted by Crippen LogP contribution is 2.27. The number of nitrogens with one attached hydrogen (secondary N) is 2. The maximum Gasteiger partial charge on any atom is 0.262 e. The first-order valence-electron chi connectivity index (χ1n) is 7.12. The van der Waals surface area contributed by atoms with E-state index in [4.69, 9.17) is 21.1 Å². The number of methoxy groups -OCH3 is 1. The molecule has 126 valence electrons. The van der Waals surface area contributed by atoms with Crippen LogP contribution in [-0.2, 0) is 9.59 Å². The summed E-state index contributed by atoms with van der Waals surface area (Å²) in [6.07, 6.45) is 0. The van der Waals surface area contributed by atoms with Gasteiger partial charge in [-0.3, -0.25) is 9.59 Å². The Balaban J connectivity index is 1.95. The molecule has 0 radical (unpaired) electrons. The van der Waals surface area contributed by atoms with Crippen molar-refractivity contribution in [3.8, 4) is 11.5 Å². The lowest BCUT2D eigenvalue weighted by Gasteiger charge is -2.11. The fraction of sp³-hybridized carbons (Fsp3) is 0.176. The molecule has 0 fully saturated rings. The van der Waals surface area contributed by atoms with Gasteiger partial charge in [-0.05, 0) is 30.3 Å². The summed E-state index contributed by atoms with van der Waals surface area (Å²) >= 11 is 6.06. The van der Waals surface area contributed by atoms with Gasteiger partial charge in [-0.25, -0.2) is 0 Å². The highest BCUT2D eigenvalue weighted by molar-refractivity contribution is 6.34. The van der Waals surface area contributed by atoms with Crippen LogP contribution in [0.25, 0.3) is 0 Å². The molecule has 6 nitrogen and oxygen atoms in total. The molecule has 0 aliphatic heterocycles. The minimum atomic E-state index is -0.343. The average molecular weight is 349 g/mol. The molecule has 0 bridgehead atoms. The Morgan fingerprint density at radius 3 is 2.42 bits per heavy atom. The number of benzene rings is 2. The molecule has 2 aromatic carbocycles. The number of hydrogen-bond donors (Lipinski definition) is 2. The minimum absolute atomic E-state index is 0.175. The van der Waals surface area contributed by atoms with E-state index in [1.807, 2.05) is 6.07 Å². The van der Waals surface area contributed by atoms with Gasteiger partial charge in [-0.2, -0.15) is 0 Å². The van der Waals surface area contributed by atoms with Crippen LogP contribution >= 0.6 is 11.6 Å². The Kier molecular flexibility index (Phi) is 6.03. The van der Waals surface area contributed by atoms with Crippen LogP contribution in [-0.4, -0.2) is 25.5 Å². The number of hydrogen-bond acceptors (Lipinski definition) is 4. The predicted molar refractivity (Wildman–Crippen MR) is 92.9 cm³/mol. The number of carbonyl (C=O) groups is 2. The van der Waals surface area contributed by atoms with Gasteiger partial charge in [0.15, 0.2) is 18.1 Å². The number of para-hydroxylation sites is 2. The van der Waals surface area contributed by atoms with Gasteiger partial charge >= 0.3 is 0 Å². The van der Waals surface area contributed by atoms with Crippen LogP contribution in [0.5, 0.6) is 11.5 Å². The Morgan fingerprint density at radius 1 is 1.08 bits per heavy atom. The number of amides is 2. The summed E-state index contributed by atoms with van der Waals surface area (Å²) in [5.74, 6) is 0.463. The van der Waals surface area contributed by atoms with Crippen molar-refractivity contribution in [3.63, 3.8) is 0 Å². The molecule has 7 heteroatoms. The third-order valence-corrected chi connectivity index (χ3v) is 3.30. The van der Waals surface area contributed by atoms with Gasteiger partial charge in [0.25, 0.3) is 5.91 Å². The third-order valence-electron chi connectivity index (χ3n) is 2.99. The summed E-state index contributed by atoms with van der Waals surface area (Å²) in [5, 5.41) is 5.59. The first kappa shape index (κ1) is 17.6. The fourth-order valence-corrected chi connectivity index (χ4v) is 2.19. The van der Waals surface area contributed by atoms with Crippen LogP contribution in [0.2, 0.25) is 5.02 Å². The summed E-state index contributed by atoms with van der Waals surface area (Å²) in [4.78, 5) is 23.0. The van der Waals surface area contributed by atoms with Gasteiger partial charge in [-0.15, -0.1) is 0 Å². The number of carbonyl (C=O) groups excluding carboxylic acids is 2. The summed E-state index contributed by atoms with van der Waals surface area (Å²) < 4.78 is 10.6. The van der Waals surface area contributed by atoms with Crippen molar-refractivity contribution in [2.45, 2.75) is 6.92 Å². The van der Waals surface area contributed by atoms with Crippen molar-refractivity contribution in [1.29, 1.82) is 0 Å². The topological polar surface area (TPSA) is 76.7 Å². The van der Waals surface area contributed by atoms with Crippen molar-refractivity contribution >= 4 is 34.8 Å². The number of halogens is 1. The third kappa shape index (κ3) is 4.89. The zero-order valence-corrected chi connectivity index (χ0v) is 14.0. The first-order valence-corrected chi connectivity index (χ1v) is 7.50. The SMILES string of the molecule is COc1ccccc1OCC(=O)Nc1ccc(NC(C)=O)c(Cl)c1. The summed E-state index contributed by atoms with van der Waals surface area (Å²) in [6, 6.07) is 11.9. The van der Waals surface area contributed by atoms with Gasteiger partial charge < -0.3 is 20.1 Å². The molecule has 0 saturated carbocycles. The molecule has 2 N–H and O–H groups in total. The molecule has 0 aliphatic rings. The normalized spacial score (nSPS) is 9.96. The standard InChI is InChI=1S/C17H17ClN2O4/c1-11(21)19-14-8-7-12(9-13(14)18)20-17(22)10-24-16-6-4-3-5-15(16)23-2/h3-9H,10H2,1-2H3,(H,19,21)(H,20,22). The van der Waals surface area contributed by atoms with Crippen molar-refractivity contribution < 1.29 is 19.1 Å². The molecule has 0 aliphatic carbocycles. The van der Waals surface area contributed by atoms with Crippen molar-refractivity contribution in [1.82, 2.24) is 0 Å². The van der Waals surface area contributed by atoms with E-state index in [0.29, 0.717) is 27.9 Å². The van der Waals surface area contributed by atoms with Gasteiger partial charge in [0, 0.05) is 12.6 Å². The van der Waals surface area contributed by atoms with Crippen LogP contribution < -0.4 is 20.1 Å². The molecule has 0 aromatic heterocycles. The average Bonchev–Trinajstić information content (AvgIpc) is 2.55. The minimum Gasteiger partial charge on any atom is -0.493 e. The van der Waals surface area contributed by atoms with E-state index >= 15 is 0 Å². The van der Waals surface area contributed by atoms with E-state index in [-0.39, 0.29) is 18.4 Å². The van der Waals surface area contributed by atoms with Crippen LogP contribution in [0, 0.1) is 0 Å². The maximum absolute atomic E-state index is 12.0. The van der Waals surface area contributed by atoms with Gasteiger partial charge in [0.05, 0.1) is 17.8 Å². The van der Waals surface area contributed by atoms with Gasteiger partial charge in [0.1, 0.15) is 0 Å². The van der Waals surface area contributed by atoms with Crippen LogP contribution in [0.1, 0.15) is 6.92 Å². The molecule has 0 saturated heterocycles. The van der Waals surface area contributed by atoms with Gasteiger partial charge in [-0.1, -0.05) is 23.7 Å². The van der Waals surface area contributed by atoms with Crippen molar-refractivity contribution in [2.24, 2.45) is 0 Å². The van der Waals surface area contributed by atoms with Crippen LogP contribution in [0.4, 0.5) is 11.4 Å². The second-order valence-corrected chi connectivity index (χ2v) is 5.27. The summed E-state index contributed by atoms with van der Waals surface area (Å²) in [6.45, 7) is 1.21. The van der Waals surface area contributed by atoms with Crippen molar-refractivity contribution in [3.05, 3.63) is 47.5 Å². The van der Waals surface area contributed by atoms with E-state index in [2.05, 4.69) is 10.6 Å². The predicted octanol–water partition coefficient (Wildman–Crippen LogP) is 3.32. The van der Waals surface area contributed by atoms with Crippen LogP contribution in [0.15, 0.2) is 42.5 Å². The van der Waals surface area contributed by atoms with E-state index in [9.17, 15) is 9.59 Å². The zero-order valence-electron chi connectivity index (χ0n) is 13.3. The Hall–Kier alpha value is -2.73. The molecule has 0 atom stereocenters. The smallest absolute Gasteiger partial charge is 0.262 e. The molecule has 2 aromatic rings. The zero-order chi connectivity index (χ0) is 17.5. The molecule has 2 rings (SSSR count). The number of ether oxygens (including phenoxy) is 2. The highest BCUT2D eigenvalue weighted by atomic mass is 35.5. The van der Waals surface area contributed by atoms with E-state index < -0.39 is 0 Å². The Morgan fingerprint density at radius 2 is 1.79 bits per heavy atom. The lowest BCUT2D eigenvalue weighted by atomic mass is 10.2. The van der Waals surface area contributed by atoms with Gasteiger partial charge in [0.2, 0.25) is 5.91 Å². The Bertz CT molecular complexity index is 749. The molecule has 24 heavy (non-hydrogen) atoms. The fourth-order valence-electron chi connectivity index (χ4n) is 1.96. The summed E-state index contributed by atoms with van der Waals surface area (Å²) in [7, 11) is 1.53. The molecular formula is C17H17ClN2O4. The lowest BCUT2D eigenvalue weighted by molar-refractivity contribution is -0.118. The monoisotopic (exact) mass is 348 g/mol. The first-order chi connectivity index (χ1) is 11.5. The quantitative estimate of drug-likeness (QED) is 0.839. The maximum atomic E-state index is 12.0. The van der Waals surface area contributed by atoms with Crippen molar-refractivity contribution in [2.75, 3.05) is 24.4 Å². The molecule has 0 heterocycles. The summed E-state index contributed by atoms with van der Waals surface area (Å²) in [5.41, 5.74) is 0.982. The highest BCUT2D eigenvalue weighted by Gasteiger charge is 2.09. The van der Waals surface area contributed by atoms with E-state index in [1.165, 1.54) is 14.0 Å². The van der Waals surface area contributed by atoms with E-state index in [1.54, 1.807) is 36.4 Å². The number of rotatable bonds is 6. The number of anilines is 2. The second-order valence-electron chi connectivity index (χ2n) is 4.86. The molecule has 0 unspecified atom stereocenters. The molecule has 0 spiro atoms. The van der Waals surface area contributed by atoms with E-state index in [0.717, 1.165) is 0 Å². The molecule has 2 amide bonds. The largest absolute Gasteiger partial charge is 0.493 e.